The van der Waals surface area contributed by atoms with Crippen LogP contribution in [0.25, 0.3) is 0 Å². The molecule has 1 heterocycles. The van der Waals surface area contributed by atoms with Gasteiger partial charge in [0.2, 0.25) is 11.7 Å². The van der Waals surface area contributed by atoms with Gasteiger partial charge in [-0.1, -0.05) is 6.07 Å². The quantitative estimate of drug-likeness (QED) is 0.869. The van der Waals surface area contributed by atoms with E-state index in [2.05, 4.69) is 0 Å². The molecule has 6 nitrogen and oxygen atoms in total. The molecule has 1 aromatic carbocycles. The van der Waals surface area contributed by atoms with Crippen LogP contribution in [0.1, 0.15) is 32.6 Å². The minimum Gasteiger partial charge on any atom is -0.494 e. The summed E-state index contributed by atoms with van der Waals surface area (Å²) in [7, 11) is 1.31. The topological polar surface area (TPSA) is 92.3 Å². The zero-order chi connectivity index (χ0) is 18.0. The van der Waals surface area contributed by atoms with Crippen LogP contribution in [0.5, 0.6) is 11.6 Å². The normalized spacial score (nSPS) is 10.3. The van der Waals surface area contributed by atoms with Crippen molar-refractivity contribution in [2.24, 2.45) is 7.05 Å². The number of hydrogen-bond acceptors (Lipinski definition) is 5. The average Bonchev–Trinajstić information content (AvgIpc) is 2.50. The van der Waals surface area contributed by atoms with E-state index in [9.17, 15) is 14.7 Å². The summed E-state index contributed by atoms with van der Waals surface area (Å²) in [4.78, 5) is 24.4. The highest BCUT2D eigenvalue weighted by Gasteiger charge is 2.22. The Labute approximate surface area is 139 Å². The van der Waals surface area contributed by atoms with E-state index < -0.39 is 17.2 Å². The molecule has 0 fully saturated rings. The van der Waals surface area contributed by atoms with Gasteiger partial charge in [0.15, 0.2) is 6.61 Å². The lowest BCUT2D eigenvalue weighted by molar-refractivity contribution is 0.0916. The Morgan fingerprint density at radius 2 is 1.83 bits per heavy atom. The number of nitrogens with zero attached hydrogens (tertiary/aromatic N) is 2. The maximum Gasteiger partial charge on any atom is 0.271 e. The SMILES string of the molecule is Cc1cc(C)cc(OCC(=O)c2c(C)c(C#N)c(=O)n(C)c2O)c1. The van der Waals surface area contributed by atoms with Gasteiger partial charge in [0.05, 0.1) is 5.56 Å². The van der Waals surface area contributed by atoms with Gasteiger partial charge < -0.3 is 9.84 Å². The van der Waals surface area contributed by atoms with Gasteiger partial charge in [-0.05, 0) is 49.6 Å². The molecule has 24 heavy (non-hydrogen) atoms. The van der Waals surface area contributed by atoms with E-state index in [1.807, 2.05) is 19.9 Å². The molecule has 1 N–H and O–H groups in total. The van der Waals surface area contributed by atoms with Crippen LogP contribution in [0, 0.1) is 32.1 Å². The summed E-state index contributed by atoms with van der Waals surface area (Å²) in [5, 5.41) is 19.2. The molecule has 0 bridgehead atoms. The van der Waals surface area contributed by atoms with Crippen LogP contribution in [-0.4, -0.2) is 22.1 Å². The first-order chi connectivity index (χ1) is 11.3. The van der Waals surface area contributed by atoms with Crippen molar-refractivity contribution in [2.45, 2.75) is 20.8 Å². The lowest BCUT2D eigenvalue weighted by atomic mass is 10.0. The number of hydrogen-bond donors (Lipinski definition) is 1. The van der Waals surface area contributed by atoms with E-state index in [0.717, 1.165) is 15.7 Å². The zero-order valence-corrected chi connectivity index (χ0v) is 14.0. The standard InChI is InChI=1S/C18H18N2O4/c1-10-5-11(2)7-13(6-10)24-9-15(21)16-12(3)14(8-19)17(22)20(4)18(16)23/h5-7,23H,9H2,1-4H3. The summed E-state index contributed by atoms with van der Waals surface area (Å²) in [5.41, 5.74) is 1.30. The third-order valence-corrected chi connectivity index (χ3v) is 3.77. The number of nitriles is 1. The van der Waals surface area contributed by atoms with Crippen molar-refractivity contribution in [3.8, 4) is 17.7 Å². The molecule has 0 aliphatic carbocycles. The van der Waals surface area contributed by atoms with Crippen molar-refractivity contribution in [1.29, 1.82) is 5.26 Å². The van der Waals surface area contributed by atoms with E-state index in [0.29, 0.717) is 5.75 Å². The molecule has 0 radical (unpaired) electrons. The van der Waals surface area contributed by atoms with Crippen LogP contribution in [0.3, 0.4) is 0 Å². The molecule has 0 unspecified atom stereocenters. The highest BCUT2D eigenvalue weighted by Crippen LogP contribution is 2.22. The van der Waals surface area contributed by atoms with Gasteiger partial charge >= 0.3 is 0 Å². The second-order valence-electron chi connectivity index (χ2n) is 5.71. The predicted molar refractivity (Wildman–Crippen MR) is 88.5 cm³/mol. The van der Waals surface area contributed by atoms with Gasteiger partial charge in [-0.2, -0.15) is 5.26 Å². The number of rotatable bonds is 4. The molecule has 2 rings (SSSR count). The van der Waals surface area contributed by atoms with Crippen molar-refractivity contribution < 1.29 is 14.6 Å². The van der Waals surface area contributed by atoms with Crippen LogP contribution >= 0.6 is 0 Å². The van der Waals surface area contributed by atoms with E-state index in [1.165, 1.54) is 14.0 Å². The number of pyridine rings is 1. The largest absolute Gasteiger partial charge is 0.494 e. The molecule has 0 saturated heterocycles. The summed E-state index contributed by atoms with van der Waals surface area (Å²) in [5.74, 6) is -0.426. The number of Topliss-reactive ketones (excluding diaryl/α,β-unsaturated/α-hetero) is 1. The number of carbonyl (C=O) groups excluding carboxylic acids is 1. The van der Waals surface area contributed by atoms with Crippen molar-refractivity contribution in [2.75, 3.05) is 6.61 Å². The third kappa shape index (κ3) is 3.15. The van der Waals surface area contributed by atoms with Crippen LogP contribution in [0.4, 0.5) is 0 Å². The lowest BCUT2D eigenvalue weighted by Gasteiger charge is -2.13. The molecule has 0 saturated carbocycles. The molecule has 0 amide bonds. The maximum absolute atomic E-state index is 12.5. The van der Waals surface area contributed by atoms with Crippen LogP contribution in [-0.2, 0) is 7.05 Å². The second kappa shape index (κ2) is 6.59. The number of aromatic nitrogens is 1. The molecule has 6 heteroatoms. The smallest absolute Gasteiger partial charge is 0.271 e. The highest BCUT2D eigenvalue weighted by atomic mass is 16.5. The molecular weight excluding hydrogens is 308 g/mol. The first-order valence-electron chi connectivity index (χ1n) is 7.33. The fourth-order valence-corrected chi connectivity index (χ4v) is 2.59. The fourth-order valence-electron chi connectivity index (χ4n) is 2.59. The lowest BCUT2D eigenvalue weighted by Crippen LogP contribution is -2.25. The molecule has 0 aliphatic rings. The molecule has 0 atom stereocenters. The van der Waals surface area contributed by atoms with Crippen molar-refractivity contribution in [3.05, 3.63) is 56.4 Å². The number of ether oxygens (including phenoxy) is 1. The number of carbonyl (C=O) groups is 1. The van der Waals surface area contributed by atoms with Gasteiger partial charge in [-0.25, -0.2) is 0 Å². The van der Waals surface area contributed by atoms with Gasteiger partial charge in [-0.15, -0.1) is 0 Å². The summed E-state index contributed by atoms with van der Waals surface area (Å²) < 4.78 is 6.39. The van der Waals surface area contributed by atoms with Crippen LogP contribution in [0.2, 0.25) is 0 Å². The van der Waals surface area contributed by atoms with Crippen LogP contribution in [0.15, 0.2) is 23.0 Å². The van der Waals surface area contributed by atoms with E-state index in [4.69, 9.17) is 10.00 Å². The Kier molecular flexibility index (Phi) is 4.74. The molecule has 0 spiro atoms. The number of aromatic hydroxyl groups is 1. The first kappa shape index (κ1) is 17.3. The van der Waals surface area contributed by atoms with Gasteiger partial charge in [0, 0.05) is 7.05 Å². The van der Waals surface area contributed by atoms with E-state index >= 15 is 0 Å². The fraction of sp³-hybridized carbons (Fsp3) is 0.278. The zero-order valence-electron chi connectivity index (χ0n) is 14.0. The average molecular weight is 326 g/mol. The Hall–Kier alpha value is -3.07. The van der Waals surface area contributed by atoms with Gasteiger partial charge in [0.1, 0.15) is 17.4 Å². The first-order valence-corrected chi connectivity index (χ1v) is 7.33. The minimum absolute atomic E-state index is 0.0713. The van der Waals surface area contributed by atoms with Crippen LogP contribution < -0.4 is 10.3 Å². The van der Waals surface area contributed by atoms with E-state index in [-0.39, 0.29) is 23.3 Å². The molecule has 0 aliphatic heterocycles. The summed E-state index contributed by atoms with van der Waals surface area (Å²) in [6, 6.07) is 7.36. The molecular formula is C18H18N2O4. The number of benzene rings is 1. The number of aryl methyl sites for hydroxylation is 2. The summed E-state index contributed by atoms with van der Waals surface area (Å²) in [6.45, 7) is 5.00. The monoisotopic (exact) mass is 326 g/mol. The van der Waals surface area contributed by atoms with Crippen molar-refractivity contribution in [3.63, 3.8) is 0 Å². The Morgan fingerprint density at radius 1 is 1.25 bits per heavy atom. The molecule has 1 aromatic heterocycles. The molecule has 124 valence electrons. The van der Waals surface area contributed by atoms with E-state index in [1.54, 1.807) is 18.2 Å². The van der Waals surface area contributed by atoms with Gasteiger partial charge in [-0.3, -0.25) is 14.2 Å². The Bertz CT molecular complexity index is 900. The van der Waals surface area contributed by atoms with Crippen molar-refractivity contribution in [1.82, 2.24) is 4.57 Å². The Morgan fingerprint density at radius 3 is 2.38 bits per heavy atom. The molecule has 2 aromatic rings. The predicted octanol–water partition coefficient (Wildman–Crippen LogP) is 2.15. The third-order valence-electron chi connectivity index (χ3n) is 3.77. The number of ketones is 1. The Balaban J connectivity index is 2.35. The highest BCUT2D eigenvalue weighted by molar-refractivity contribution is 6.01. The minimum atomic E-state index is -0.640. The summed E-state index contributed by atoms with van der Waals surface area (Å²) >= 11 is 0. The second-order valence-corrected chi connectivity index (χ2v) is 5.71. The van der Waals surface area contributed by atoms with Gasteiger partial charge in [0.25, 0.3) is 5.56 Å². The maximum atomic E-state index is 12.5. The van der Waals surface area contributed by atoms with Crippen molar-refractivity contribution >= 4 is 5.78 Å². The summed E-state index contributed by atoms with van der Waals surface area (Å²) in [6.07, 6.45) is 0.